The van der Waals surface area contributed by atoms with Gasteiger partial charge in [0.25, 0.3) is 5.91 Å². The van der Waals surface area contributed by atoms with Crippen molar-refractivity contribution in [2.75, 3.05) is 32.7 Å². The molecule has 2 aromatic rings. The van der Waals surface area contributed by atoms with Crippen LogP contribution in [0.15, 0.2) is 65.6 Å². The van der Waals surface area contributed by atoms with Gasteiger partial charge in [0.1, 0.15) is 5.82 Å². The van der Waals surface area contributed by atoms with Crippen molar-refractivity contribution in [3.8, 4) is 0 Å². The number of nitrogens with zero attached hydrogens (tertiary/aromatic N) is 2. The van der Waals surface area contributed by atoms with E-state index in [2.05, 4.69) is 28.0 Å². The summed E-state index contributed by atoms with van der Waals surface area (Å²) in [5.74, 6) is 1.43. The fourth-order valence-corrected chi connectivity index (χ4v) is 6.27. The lowest BCUT2D eigenvalue weighted by atomic mass is 9.84. The van der Waals surface area contributed by atoms with Crippen molar-refractivity contribution < 1.29 is 9.18 Å². The first-order valence-corrected chi connectivity index (χ1v) is 12.7. The van der Waals surface area contributed by atoms with Gasteiger partial charge in [0.15, 0.2) is 0 Å². The summed E-state index contributed by atoms with van der Waals surface area (Å²) in [5, 5.41) is 1.98. The van der Waals surface area contributed by atoms with E-state index in [-0.39, 0.29) is 11.7 Å². The highest BCUT2D eigenvalue weighted by Crippen LogP contribution is 2.35. The Labute approximate surface area is 194 Å². The zero-order valence-corrected chi connectivity index (χ0v) is 19.3. The first-order chi connectivity index (χ1) is 15.7. The van der Waals surface area contributed by atoms with Crippen LogP contribution in [0.4, 0.5) is 4.39 Å². The number of hydrogen-bond acceptors (Lipinski definition) is 3. The number of allylic oxidation sites excluding steroid dienone is 3. The molecular formula is C27H31FN2OS. The fraction of sp³-hybridized carbons (Fsp3) is 0.444. The minimum absolute atomic E-state index is 0.161. The molecular weight excluding hydrogens is 419 g/mol. The molecule has 2 aliphatic heterocycles. The van der Waals surface area contributed by atoms with Gasteiger partial charge < -0.3 is 9.80 Å². The Bertz CT molecular complexity index is 974. The second kappa shape index (κ2) is 9.72. The van der Waals surface area contributed by atoms with E-state index in [9.17, 15) is 9.18 Å². The number of likely N-dealkylation sites (tertiary alicyclic amines) is 2. The molecule has 0 radical (unpaired) electrons. The van der Waals surface area contributed by atoms with E-state index in [0.717, 1.165) is 63.3 Å². The number of thiophene rings is 1. The van der Waals surface area contributed by atoms with Crippen LogP contribution in [-0.2, 0) is 0 Å². The smallest absolute Gasteiger partial charge is 0.263 e. The highest BCUT2D eigenvalue weighted by Gasteiger charge is 2.38. The van der Waals surface area contributed by atoms with E-state index >= 15 is 0 Å². The molecule has 1 amide bonds. The molecule has 1 aromatic heterocycles. The molecule has 0 saturated carbocycles. The van der Waals surface area contributed by atoms with Crippen molar-refractivity contribution in [3.63, 3.8) is 0 Å². The van der Waals surface area contributed by atoms with Gasteiger partial charge in [0.05, 0.1) is 4.88 Å². The molecule has 3 aliphatic rings. The maximum Gasteiger partial charge on any atom is 0.263 e. The van der Waals surface area contributed by atoms with Gasteiger partial charge in [-0.2, -0.15) is 0 Å². The first-order valence-electron chi connectivity index (χ1n) is 11.8. The Hall–Kier alpha value is -2.24. The topological polar surface area (TPSA) is 23.6 Å². The summed E-state index contributed by atoms with van der Waals surface area (Å²) in [6.07, 6.45) is 11.4. The minimum Gasteiger partial charge on any atom is -0.337 e. The lowest BCUT2D eigenvalue weighted by Gasteiger charge is -2.35. The van der Waals surface area contributed by atoms with Gasteiger partial charge in [0.2, 0.25) is 0 Å². The first kappa shape index (κ1) is 21.6. The molecule has 3 heterocycles. The van der Waals surface area contributed by atoms with Crippen LogP contribution in [0.3, 0.4) is 0 Å². The Morgan fingerprint density at radius 1 is 1.06 bits per heavy atom. The van der Waals surface area contributed by atoms with Crippen molar-refractivity contribution in [2.24, 2.45) is 11.8 Å². The summed E-state index contributed by atoms with van der Waals surface area (Å²) in [6, 6.07) is 10.9. The van der Waals surface area contributed by atoms with Gasteiger partial charge >= 0.3 is 0 Å². The largest absolute Gasteiger partial charge is 0.337 e. The highest BCUT2D eigenvalue weighted by atomic mass is 32.1. The van der Waals surface area contributed by atoms with Crippen LogP contribution in [0.25, 0.3) is 0 Å². The molecule has 1 aliphatic carbocycles. The zero-order chi connectivity index (χ0) is 21.9. The summed E-state index contributed by atoms with van der Waals surface area (Å²) in [4.78, 5) is 18.6. The molecule has 1 aromatic carbocycles. The van der Waals surface area contributed by atoms with Crippen LogP contribution in [0.2, 0.25) is 0 Å². The van der Waals surface area contributed by atoms with Gasteiger partial charge in [-0.15, -0.1) is 11.3 Å². The molecule has 0 bridgehead atoms. The Morgan fingerprint density at radius 2 is 1.88 bits per heavy atom. The summed E-state index contributed by atoms with van der Waals surface area (Å²) in [7, 11) is 0. The highest BCUT2D eigenvalue weighted by molar-refractivity contribution is 7.12. The van der Waals surface area contributed by atoms with Crippen molar-refractivity contribution in [2.45, 2.75) is 31.6 Å². The van der Waals surface area contributed by atoms with Crippen LogP contribution in [0.1, 0.15) is 46.8 Å². The average Bonchev–Trinajstić information content (AvgIpc) is 3.51. The van der Waals surface area contributed by atoms with E-state index < -0.39 is 0 Å². The van der Waals surface area contributed by atoms with E-state index in [1.165, 1.54) is 22.5 Å². The number of rotatable bonds is 5. The van der Waals surface area contributed by atoms with E-state index in [1.54, 1.807) is 12.1 Å². The minimum atomic E-state index is -0.161. The van der Waals surface area contributed by atoms with Crippen LogP contribution in [0, 0.1) is 17.7 Å². The van der Waals surface area contributed by atoms with Crippen molar-refractivity contribution in [1.29, 1.82) is 0 Å². The average molecular weight is 451 g/mol. The standard InChI is InChI=1S/C27H31FN2OS/c28-24-10-8-20(9-11-24)21-12-14-29(15-13-21)17-23-18-30(27(31)26-7-4-16-32-26)19-25(23)22-5-2-1-3-6-22/h2,4-11,16,21,23,25H,1,3,12-15,17-19H2/t23-,25?/m1/s1. The summed E-state index contributed by atoms with van der Waals surface area (Å²) in [5.41, 5.74) is 2.68. The second-order valence-electron chi connectivity index (χ2n) is 9.36. The normalized spacial score (nSPS) is 24.7. The number of amides is 1. The van der Waals surface area contributed by atoms with Gasteiger partial charge in [-0.25, -0.2) is 4.39 Å². The molecule has 168 valence electrons. The quantitative estimate of drug-likeness (QED) is 0.581. The van der Waals surface area contributed by atoms with Gasteiger partial charge in [-0.1, -0.05) is 36.4 Å². The van der Waals surface area contributed by atoms with E-state index in [0.29, 0.717) is 17.8 Å². The molecule has 2 saturated heterocycles. The number of carbonyl (C=O) groups excluding carboxylic acids is 1. The Kier molecular flexibility index (Phi) is 6.56. The fourth-order valence-electron chi connectivity index (χ4n) is 5.58. The third-order valence-corrected chi connectivity index (χ3v) is 8.19. The predicted octanol–water partition coefficient (Wildman–Crippen LogP) is 5.73. The third-order valence-electron chi connectivity index (χ3n) is 7.33. The maximum atomic E-state index is 13.3. The van der Waals surface area contributed by atoms with Crippen molar-refractivity contribution >= 4 is 17.2 Å². The molecule has 5 heteroatoms. The van der Waals surface area contributed by atoms with Gasteiger partial charge in [-0.05, 0) is 85.3 Å². The Balaban J connectivity index is 1.24. The van der Waals surface area contributed by atoms with E-state index in [4.69, 9.17) is 0 Å². The third kappa shape index (κ3) is 4.74. The number of halogens is 1. The molecule has 0 N–H and O–H groups in total. The van der Waals surface area contributed by atoms with Crippen LogP contribution >= 0.6 is 11.3 Å². The Morgan fingerprint density at radius 3 is 2.56 bits per heavy atom. The molecule has 32 heavy (non-hydrogen) atoms. The van der Waals surface area contributed by atoms with Gasteiger partial charge in [-0.3, -0.25) is 4.79 Å². The number of piperidine rings is 1. The van der Waals surface area contributed by atoms with Gasteiger partial charge in [0, 0.05) is 25.6 Å². The summed E-state index contributed by atoms with van der Waals surface area (Å²) >= 11 is 1.54. The molecule has 2 fully saturated rings. The lowest BCUT2D eigenvalue weighted by Crippen LogP contribution is -2.39. The number of hydrogen-bond donors (Lipinski definition) is 0. The summed E-state index contributed by atoms with van der Waals surface area (Å²) in [6.45, 7) is 4.84. The molecule has 3 nitrogen and oxygen atoms in total. The summed E-state index contributed by atoms with van der Waals surface area (Å²) < 4.78 is 13.3. The number of benzene rings is 1. The number of carbonyl (C=O) groups is 1. The SMILES string of the molecule is O=C(c1cccs1)N1CC(C2=CCCC=C2)[C@H](CN2CCC(c3ccc(F)cc3)CC2)C1. The van der Waals surface area contributed by atoms with Crippen LogP contribution in [0.5, 0.6) is 0 Å². The van der Waals surface area contributed by atoms with Crippen LogP contribution in [-0.4, -0.2) is 48.4 Å². The predicted molar refractivity (Wildman–Crippen MR) is 128 cm³/mol. The molecule has 1 unspecified atom stereocenters. The van der Waals surface area contributed by atoms with E-state index in [1.807, 2.05) is 29.6 Å². The molecule has 0 spiro atoms. The van der Waals surface area contributed by atoms with Crippen molar-refractivity contribution in [3.05, 3.63) is 81.8 Å². The zero-order valence-electron chi connectivity index (χ0n) is 18.5. The lowest BCUT2D eigenvalue weighted by molar-refractivity contribution is 0.0785. The molecule has 5 rings (SSSR count). The maximum absolute atomic E-state index is 13.3. The second-order valence-corrected chi connectivity index (χ2v) is 10.3. The van der Waals surface area contributed by atoms with Crippen LogP contribution < -0.4 is 0 Å². The monoisotopic (exact) mass is 450 g/mol. The molecule has 2 atom stereocenters. The van der Waals surface area contributed by atoms with Crippen molar-refractivity contribution in [1.82, 2.24) is 9.80 Å².